The van der Waals surface area contributed by atoms with Crippen molar-refractivity contribution in [2.45, 2.75) is 12.8 Å². The highest BCUT2D eigenvalue weighted by molar-refractivity contribution is 6.35. The van der Waals surface area contributed by atoms with Gasteiger partial charge in [0, 0.05) is 19.1 Å². The molecule has 0 fully saturated rings. The van der Waals surface area contributed by atoms with E-state index in [1.165, 1.54) is 16.8 Å². The van der Waals surface area contributed by atoms with Gasteiger partial charge in [-0.3, -0.25) is 14.3 Å². The Labute approximate surface area is 136 Å². The monoisotopic (exact) mass is 333 g/mol. The number of aromatic nitrogens is 3. The molecule has 0 aliphatic heterocycles. The molecule has 1 aromatic carbocycles. The van der Waals surface area contributed by atoms with Crippen LogP contribution in [-0.4, -0.2) is 26.2 Å². The van der Waals surface area contributed by atoms with E-state index in [1.54, 1.807) is 18.2 Å². The number of fused-ring (bicyclic) bond motifs is 1. The molecule has 1 N–H and O–H groups in total. The van der Waals surface area contributed by atoms with Crippen LogP contribution < -0.4 is 5.56 Å². The molecule has 0 aliphatic carbocycles. The van der Waals surface area contributed by atoms with Gasteiger partial charge in [0.2, 0.25) is 0 Å². The van der Waals surface area contributed by atoms with Crippen LogP contribution in [0.2, 0.25) is 5.02 Å². The fourth-order valence-electron chi connectivity index (χ4n) is 2.43. The zero-order valence-corrected chi connectivity index (χ0v) is 12.8. The Morgan fingerprint density at radius 1 is 1.30 bits per heavy atom. The summed E-state index contributed by atoms with van der Waals surface area (Å²) in [4.78, 5) is 21.1. The maximum absolute atomic E-state index is 13.5. The first-order valence-electron chi connectivity index (χ1n) is 7.04. The van der Waals surface area contributed by atoms with Crippen molar-refractivity contribution in [2.75, 3.05) is 6.61 Å². The summed E-state index contributed by atoms with van der Waals surface area (Å²) in [5, 5.41) is 9.60. The molecule has 0 amide bonds. The van der Waals surface area contributed by atoms with Gasteiger partial charge in [-0.2, -0.15) is 0 Å². The van der Waals surface area contributed by atoms with Crippen molar-refractivity contribution in [1.82, 2.24) is 14.5 Å². The van der Waals surface area contributed by atoms with Crippen molar-refractivity contribution < 1.29 is 9.50 Å². The predicted molar refractivity (Wildman–Crippen MR) is 85.5 cm³/mol. The normalized spacial score (nSPS) is 11.1. The molecule has 0 bridgehead atoms. The summed E-state index contributed by atoms with van der Waals surface area (Å²) < 4.78 is 14.8. The number of pyridine rings is 1. The molecule has 0 saturated heterocycles. The lowest BCUT2D eigenvalue weighted by atomic mass is 10.2. The second kappa shape index (κ2) is 6.44. The van der Waals surface area contributed by atoms with Gasteiger partial charge in [0.05, 0.1) is 34.0 Å². The summed E-state index contributed by atoms with van der Waals surface area (Å²) in [6, 6.07) is 6.22. The third kappa shape index (κ3) is 2.95. The first-order chi connectivity index (χ1) is 11.1. The second-order valence-electron chi connectivity index (χ2n) is 4.99. The van der Waals surface area contributed by atoms with E-state index >= 15 is 0 Å². The van der Waals surface area contributed by atoms with E-state index in [0.717, 1.165) is 6.20 Å². The summed E-state index contributed by atoms with van der Waals surface area (Å²) in [5.74, 6) is -0.131. The van der Waals surface area contributed by atoms with Gasteiger partial charge in [0.1, 0.15) is 11.6 Å². The average Bonchev–Trinajstić information content (AvgIpc) is 2.52. The quantitative estimate of drug-likeness (QED) is 0.796. The molecule has 0 unspecified atom stereocenters. The molecule has 2 heterocycles. The maximum Gasteiger partial charge on any atom is 0.267 e. The Hall–Kier alpha value is -2.31. The van der Waals surface area contributed by atoms with E-state index in [2.05, 4.69) is 9.97 Å². The van der Waals surface area contributed by atoms with Crippen molar-refractivity contribution in [3.05, 3.63) is 63.7 Å². The zero-order chi connectivity index (χ0) is 16.4. The minimum atomic E-state index is -0.554. The van der Waals surface area contributed by atoms with E-state index in [9.17, 15) is 9.18 Å². The summed E-state index contributed by atoms with van der Waals surface area (Å²) in [6.45, 7) is -0.0369. The van der Waals surface area contributed by atoms with Crippen LogP contribution in [0.1, 0.15) is 12.2 Å². The molecular formula is C16H13ClFN3O2. The van der Waals surface area contributed by atoms with E-state index in [4.69, 9.17) is 16.7 Å². The molecule has 3 rings (SSSR count). The maximum atomic E-state index is 13.5. The molecule has 0 radical (unpaired) electrons. The predicted octanol–water partition coefficient (Wildman–Crippen LogP) is 2.50. The number of benzene rings is 1. The van der Waals surface area contributed by atoms with Crippen molar-refractivity contribution in [1.29, 1.82) is 0 Å². The van der Waals surface area contributed by atoms with Crippen LogP contribution in [0.15, 0.2) is 41.5 Å². The fraction of sp³-hybridized carbons (Fsp3) is 0.188. The number of hydrogen-bond donors (Lipinski definition) is 1. The number of aryl methyl sites for hydroxylation is 1. The van der Waals surface area contributed by atoms with Crippen LogP contribution in [0.3, 0.4) is 0 Å². The summed E-state index contributed by atoms with van der Waals surface area (Å²) in [5.41, 5.74) is 0.356. The van der Waals surface area contributed by atoms with Gasteiger partial charge in [-0.25, -0.2) is 9.37 Å². The van der Waals surface area contributed by atoms with Gasteiger partial charge in [0.25, 0.3) is 5.56 Å². The largest absolute Gasteiger partial charge is 0.396 e. The smallest absolute Gasteiger partial charge is 0.267 e. The number of halogens is 2. The highest BCUT2D eigenvalue weighted by Gasteiger charge is 2.15. The Morgan fingerprint density at radius 3 is 2.87 bits per heavy atom. The third-order valence-corrected chi connectivity index (χ3v) is 3.74. The van der Waals surface area contributed by atoms with Crippen molar-refractivity contribution in [2.24, 2.45) is 0 Å². The second-order valence-corrected chi connectivity index (χ2v) is 5.40. The Bertz CT molecular complexity index is 927. The lowest BCUT2D eigenvalue weighted by molar-refractivity contribution is 0.287. The van der Waals surface area contributed by atoms with Crippen LogP contribution >= 0.6 is 11.6 Å². The molecule has 118 valence electrons. The van der Waals surface area contributed by atoms with Gasteiger partial charge < -0.3 is 5.11 Å². The molecule has 5 nitrogen and oxygen atoms in total. The van der Waals surface area contributed by atoms with Crippen LogP contribution in [0, 0.1) is 5.82 Å². The van der Waals surface area contributed by atoms with Crippen molar-refractivity contribution >= 4 is 22.5 Å². The van der Waals surface area contributed by atoms with Crippen molar-refractivity contribution in [3.8, 4) is 5.69 Å². The molecule has 0 spiro atoms. The first-order valence-corrected chi connectivity index (χ1v) is 7.41. The minimum absolute atomic E-state index is 0.0369. The van der Waals surface area contributed by atoms with E-state index in [-0.39, 0.29) is 28.3 Å². The Morgan fingerprint density at radius 2 is 2.13 bits per heavy atom. The fourth-order valence-corrected chi connectivity index (χ4v) is 2.68. The number of hydrogen-bond acceptors (Lipinski definition) is 4. The average molecular weight is 334 g/mol. The zero-order valence-electron chi connectivity index (χ0n) is 12.0. The van der Waals surface area contributed by atoms with Gasteiger partial charge in [-0.05, 0) is 18.6 Å². The number of aliphatic hydroxyl groups excluding tert-OH is 1. The summed E-state index contributed by atoms with van der Waals surface area (Å²) in [7, 11) is 0. The van der Waals surface area contributed by atoms with E-state index in [1.807, 2.05) is 0 Å². The standard InChI is InChI=1S/C16H13ClFN3O2/c17-12-3-1-4-13-15(12)16(23)21(14(20-13)5-2-6-22)11-7-10(18)8-19-9-11/h1,3-4,7-9,22H,2,5-6H2. The van der Waals surface area contributed by atoms with Crippen LogP contribution in [0.5, 0.6) is 0 Å². The summed E-state index contributed by atoms with van der Waals surface area (Å²) in [6.07, 6.45) is 3.24. The Kier molecular flexibility index (Phi) is 4.36. The lowest BCUT2D eigenvalue weighted by Gasteiger charge is -2.13. The van der Waals surface area contributed by atoms with E-state index in [0.29, 0.717) is 24.2 Å². The minimum Gasteiger partial charge on any atom is -0.396 e. The molecule has 3 aromatic rings. The molecule has 23 heavy (non-hydrogen) atoms. The molecule has 7 heteroatoms. The topological polar surface area (TPSA) is 68.0 Å². The first kappa shape index (κ1) is 15.6. The van der Waals surface area contributed by atoms with Crippen LogP contribution in [-0.2, 0) is 6.42 Å². The third-order valence-electron chi connectivity index (χ3n) is 3.42. The van der Waals surface area contributed by atoms with Gasteiger partial charge in [-0.15, -0.1) is 0 Å². The van der Waals surface area contributed by atoms with Gasteiger partial charge in [-0.1, -0.05) is 17.7 Å². The van der Waals surface area contributed by atoms with Crippen molar-refractivity contribution in [3.63, 3.8) is 0 Å². The van der Waals surface area contributed by atoms with Crippen LogP contribution in [0.4, 0.5) is 4.39 Å². The number of nitrogens with zero attached hydrogens (tertiary/aromatic N) is 3. The summed E-state index contributed by atoms with van der Waals surface area (Å²) >= 11 is 6.13. The SMILES string of the molecule is O=c1c2c(Cl)cccc2nc(CCCO)n1-c1cncc(F)c1. The molecule has 2 aromatic heterocycles. The van der Waals surface area contributed by atoms with E-state index < -0.39 is 5.82 Å². The Balaban J connectivity index is 2.34. The highest BCUT2D eigenvalue weighted by Crippen LogP contribution is 2.20. The molecule has 0 atom stereocenters. The molecule has 0 aliphatic rings. The highest BCUT2D eigenvalue weighted by atomic mass is 35.5. The van der Waals surface area contributed by atoms with Gasteiger partial charge >= 0.3 is 0 Å². The molecular weight excluding hydrogens is 321 g/mol. The molecule has 0 saturated carbocycles. The lowest BCUT2D eigenvalue weighted by Crippen LogP contribution is -2.24. The van der Waals surface area contributed by atoms with Gasteiger partial charge in [0.15, 0.2) is 0 Å². The van der Waals surface area contributed by atoms with Crippen LogP contribution in [0.25, 0.3) is 16.6 Å². The number of rotatable bonds is 4. The number of aliphatic hydroxyl groups is 1.